The molecule has 0 spiro atoms. The molecule has 0 radical (unpaired) electrons. The highest BCUT2D eigenvalue weighted by Crippen LogP contribution is 2.31. The van der Waals surface area contributed by atoms with Crippen LogP contribution in [0.3, 0.4) is 0 Å². The van der Waals surface area contributed by atoms with Gasteiger partial charge < -0.3 is 10.2 Å². The van der Waals surface area contributed by atoms with E-state index in [9.17, 15) is 4.79 Å². The van der Waals surface area contributed by atoms with Crippen LogP contribution in [0.4, 0.5) is 11.4 Å². The highest BCUT2D eigenvalue weighted by Gasteiger charge is 2.15. The molecule has 0 aliphatic carbocycles. The third-order valence-corrected chi connectivity index (χ3v) is 4.62. The molecule has 6 heteroatoms. The fraction of sp³-hybridized carbons (Fsp3) is 0.200. The minimum Gasteiger partial charge on any atom is -0.370 e. The predicted molar refractivity (Wildman–Crippen MR) is 113 cm³/mol. The second-order valence-electron chi connectivity index (χ2n) is 6.05. The highest BCUT2D eigenvalue weighted by atomic mass is 35.5. The van der Waals surface area contributed by atoms with Crippen molar-refractivity contribution in [3.63, 3.8) is 0 Å². The number of halogens is 1. The molecule has 4 nitrogen and oxygen atoms in total. The summed E-state index contributed by atoms with van der Waals surface area (Å²) in [6, 6.07) is 15.3. The number of hydrogen-bond donors (Lipinski definition) is 2. The van der Waals surface area contributed by atoms with Gasteiger partial charge in [0.1, 0.15) is 0 Å². The molecule has 1 aliphatic rings. The van der Waals surface area contributed by atoms with Crippen molar-refractivity contribution in [2.24, 2.45) is 0 Å². The molecule has 134 valence electrons. The summed E-state index contributed by atoms with van der Waals surface area (Å²) in [7, 11) is 0. The molecule has 2 aromatic rings. The minimum absolute atomic E-state index is 0.234. The maximum absolute atomic E-state index is 12.0. The second kappa shape index (κ2) is 8.83. The minimum atomic E-state index is -0.286. The zero-order valence-corrected chi connectivity index (χ0v) is 15.8. The van der Waals surface area contributed by atoms with Crippen LogP contribution in [0, 0.1) is 0 Å². The number of carbonyl (C=O) groups is 1. The zero-order chi connectivity index (χ0) is 18.4. The van der Waals surface area contributed by atoms with Crippen molar-refractivity contribution in [3.8, 4) is 0 Å². The van der Waals surface area contributed by atoms with Crippen LogP contribution in [-0.4, -0.2) is 24.1 Å². The molecular formula is C20H20ClN3OS. The summed E-state index contributed by atoms with van der Waals surface area (Å²) in [6.07, 6.45) is 5.58. The highest BCUT2D eigenvalue weighted by molar-refractivity contribution is 7.80. The van der Waals surface area contributed by atoms with E-state index in [4.69, 9.17) is 23.8 Å². The molecule has 0 aromatic heterocycles. The summed E-state index contributed by atoms with van der Waals surface area (Å²) in [4.78, 5) is 14.2. The van der Waals surface area contributed by atoms with Gasteiger partial charge in [0.05, 0.1) is 10.7 Å². The summed E-state index contributed by atoms with van der Waals surface area (Å²) < 4.78 is 0. The Kier molecular flexibility index (Phi) is 6.26. The lowest BCUT2D eigenvalue weighted by molar-refractivity contribution is -0.115. The normalized spacial score (nSPS) is 13.8. The van der Waals surface area contributed by atoms with Crippen LogP contribution < -0.4 is 15.5 Å². The topological polar surface area (TPSA) is 44.4 Å². The van der Waals surface area contributed by atoms with Crippen molar-refractivity contribution in [1.29, 1.82) is 0 Å². The van der Waals surface area contributed by atoms with Crippen molar-refractivity contribution in [2.45, 2.75) is 12.8 Å². The molecule has 0 atom stereocenters. The Bertz CT molecular complexity index is 817. The molecule has 1 fully saturated rings. The van der Waals surface area contributed by atoms with E-state index in [2.05, 4.69) is 15.5 Å². The summed E-state index contributed by atoms with van der Waals surface area (Å²) in [5, 5.41) is 6.53. The monoisotopic (exact) mass is 385 g/mol. The molecule has 1 saturated heterocycles. The van der Waals surface area contributed by atoms with Crippen LogP contribution in [-0.2, 0) is 4.79 Å². The standard InChI is InChI=1S/C20H20ClN3OS/c21-17-14-16(9-10-18(17)24-12-4-5-13-24)22-20(26)23-19(25)11-8-15-6-2-1-3-7-15/h1-3,6-11,14H,4-5,12-13H2,(H2,22,23,25,26). The van der Waals surface area contributed by atoms with E-state index in [-0.39, 0.29) is 11.0 Å². The predicted octanol–water partition coefficient (Wildman–Crippen LogP) is 4.47. The van der Waals surface area contributed by atoms with E-state index in [1.807, 2.05) is 48.5 Å². The average Bonchev–Trinajstić information content (AvgIpc) is 3.15. The second-order valence-corrected chi connectivity index (χ2v) is 6.86. The molecule has 2 aromatic carbocycles. The number of benzene rings is 2. The number of amides is 1. The van der Waals surface area contributed by atoms with Gasteiger partial charge >= 0.3 is 0 Å². The Morgan fingerprint density at radius 1 is 1.12 bits per heavy atom. The van der Waals surface area contributed by atoms with E-state index < -0.39 is 0 Å². The lowest BCUT2D eigenvalue weighted by Crippen LogP contribution is -2.32. The van der Waals surface area contributed by atoms with E-state index in [1.165, 1.54) is 18.9 Å². The number of thiocarbonyl (C=S) groups is 1. The number of anilines is 2. The SMILES string of the molecule is O=C(C=Cc1ccccc1)NC(=S)Nc1ccc(N2CCCC2)c(Cl)c1. The van der Waals surface area contributed by atoms with E-state index in [0.717, 1.165) is 30.0 Å². The van der Waals surface area contributed by atoms with Gasteiger partial charge in [0.2, 0.25) is 5.91 Å². The van der Waals surface area contributed by atoms with Gasteiger partial charge in [-0.05, 0) is 54.9 Å². The number of nitrogens with one attached hydrogen (secondary N) is 2. The maximum atomic E-state index is 12.0. The van der Waals surface area contributed by atoms with E-state index in [1.54, 1.807) is 6.08 Å². The molecule has 0 unspecified atom stereocenters. The molecular weight excluding hydrogens is 366 g/mol. The first-order valence-corrected chi connectivity index (χ1v) is 9.30. The average molecular weight is 386 g/mol. The van der Waals surface area contributed by atoms with Gasteiger partial charge in [-0.2, -0.15) is 0 Å². The summed E-state index contributed by atoms with van der Waals surface area (Å²) in [5.74, 6) is -0.286. The first-order valence-electron chi connectivity index (χ1n) is 8.51. The smallest absolute Gasteiger partial charge is 0.250 e. The first kappa shape index (κ1) is 18.4. The third-order valence-electron chi connectivity index (χ3n) is 4.12. The fourth-order valence-corrected chi connectivity index (χ4v) is 3.37. The Hall–Kier alpha value is -2.37. The van der Waals surface area contributed by atoms with Crippen LogP contribution in [0.15, 0.2) is 54.6 Å². The van der Waals surface area contributed by atoms with Gasteiger partial charge in [-0.3, -0.25) is 10.1 Å². The van der Waals surface area contributed by atoms with Crippen LogP contribution in [0.1, 0.15) is 18.4 Å². The van der Waals surface area contributed by atoms with Crippen LogP contribution in [0.2, 0.25) is 5.02 Å². The van der Waals surface area contributed by atoms with Gasteiger partial charge in [-0.25, -0.2) is 0 Å². The fourth-order valence-electron chi connectivity index (χ4n) is 2.85. The largest absolute Gasteiger partial charge is 0.370 e. The number of hydrogen-bond acceptors (Lipinski definition) is 3. The van der Waals surface area contributed by atoms with Gasteiger partial charge in [-0.15, -0.1) is 0 Å². The summed E-state index contributed by atoms with van der Waals surface area (Å²) >= 11 is 11.6. The first-order chi connectivity index (χ1) is 12.6. The summed E-state index contributed by atoms with van der Waals surface area (Å²) in [5.41, 5.74) is 2.73. The zero-order valence-electron chi connectivity index (χ0n) is 14.2. The van der Waals surface area contributed by atoms with Crippen molar-refractivity contribution >= 4 is 52.3 Å². The van der Waals surface area contributed by atoms with Gasteiger partial charge in [0, 0.05) is 24.9 Å². The molecule has 0 bridgehead atoms. The Morgan fingerprint density at radius 2 is 1.85 bits per heavy atom. The van der Waals surface area contributed by atoms with Gasteiger partial charge in [0.25, 0.3) is 0 Å². The van der Waals surface area contributed by atoms with E-state index >= 15 is 0 Å². The quantitative estimate of drug-likeness (QED) is 0.602. The molecule has 26 heavy (non-hydrogen) atoms. The van der Waals surface area contributed by atoms with Crippen LogP contribution in [0.5, 0.6) is 0 Å². The molecule has 2 N–H and O–H groups in total. The van der Waals surface area contributed by atoms with Crippen molar-refractivity contribution in [1.82, 2.24) is 5.32 Å². The van der Waals surface area contributed by atoms with Crippen molar-refractivity contribution in [3.05, 3.63) is 65.2 Å². The summed E-state index contributed by atoms with van der Waals surface area (Å²) in [6.45, 7) is 2.07. The lowest BCUT2D eigenvalue weighted by Gasteiger charge is -2.20. The Balaban J connectivity index is 1.55. The third kappa shape index (κ3) is 5.07. The number of nitrogens with zero attached hydrogens (tertiary/aromatic N) is 1. The van der Waals surface area contributed by atoms with Crippen molar-refractivity contribution < 1.29 is 4.79 Å². The lowest BCUT2D eigenvalue weighted by atomic mass is 10.2. The van der Waals surface area contributed by atoms with Crippen LogP contribution >= 0.6 is 23.8 Å². The Morgan fingerprint density at radius 3 is 2.54 bits per heavy atom. The van der Waals surface area contributed by atoms with Crippen molar-refractivity contribution in [2.75, 3.05) is 23.3 Å². The molecule has 1 aliphatic heterocycles. The molecule has 1 amide bonds. The molecule has 3 rings (SSSR count). The number of rotatable bonds is 4. The number of carbonyl (C=O) groups excluding carboxylic acids is 1. The van der Waals surface area contributed by atoms with Gasteiger partial charge in [-0.1, -0.05) is 41.9 Å². The van der Waals surface area contributed by atoms with Crippen LogP contribution in [0.25, 0.3) is 6.08 Å². The van der Waals surface area contributed by atoms with Gasteiger partial charge in [0.15, 0.2) is 5.11 Å². The maximum Gasteiger partial charge on any atom is 0.250 e. The molecule has 1 heterocycles. The molecule has 0 saturated carbocycles. The Labute approximate surface area is 163 Å². The van der Waals surface area contributed by atoms with E-state index in [0.29, 0.717) is 5.02 Å².